The normalized spacial score (nSPS) is 28.5. The van der Waals surface area contributed by atoms with E-state index in [9.17, 15) is 0 Å². The van der Waals surface area contributed by atoms with Crippen molar-refractivity contribution in [2.75, 3.05) is 32.1 Å². The van der Waals surface area contributed by atoms with Gasteiger partial charge in [-0.05, 0) is 49.8 Å². The predicted octanol–water partition coefficient (Wildman–Crippen LogP) is 4.06. The van der Waals surface area contributed by atoms with E-state index in [0.717, 1.165) is 26.3 Å². The Kier molecular flexibility index (Phi) is 5.25. The zero-order valence-electron chi connectivity index (χ0n) is 13.1. The van der Waals surface area contributed by atoms with Crippen molar-refractivity contribution < 1.29 is 4.74 Å². The van der Waals surface area contributed by atoms with Gasteiger partial charge >= 0.3 is 0 Å². The maximum Gasteiger partial charge on any atom is 0.0534 e. The molecule has 0 radical (unpaired) electrons. The molecule has 21 heavy (non-hydrogen) atoms. The molecule has 0 aromatic heterocycles. The first-order chi connectivity index (χ1) is 10.3. The second-order valence-electron chi connectivity index (χ2n) is 6.58. The molecule has 2 aliphatic heterocycles. The second-order valence-corrected chi connectivity index (χ2v) is 7.64. The first kappa shape index (κ1) is 15.4. The van der Waals surface area contributed by atoms with Crippen LogP contribution >= 0.6 is 11.8 Å². The summed E-state index contributed by atoms with van der Waals surface area (Å²) in [5, 5.41) is 3.66. The maximum atomic E-state index is 5.87. The Bertz CT molecular complexity index is 456. The summed E-state index contributed by atoms with van der Waals surface area (Å²) in [5.74, 6) is 1.95. The van der Waals surface area contributed by atoms with Gasteiger partial charge in [0.1, 0.15) is 0 Å². The number of hydrogen-bond donors (Lipinski definition) is 1. The Morgan fingerprint density at radius 2 is 2.29 bits per heavy atom. The van der Waals surface area contributed by atoms with Gasteiger partial charge in [-0.3, -0.25) is 0 Å². The van der Waals surface area contributed by atoms with E-state index in [-0.39, 0.29) is 0 Å². The van der Waals surface area contributed by atoms with Crippen LogP contribution in [0.2, 0.25) is 0 Å². The van der Waals surface area contributed by atoms with Crippen LogP contribution in [0.3, 0.4) is 0 Å². The molecule has 0 saturated carbocycles. The van der Waals surface area contributed by atoms with E-state index >= 15 is 0 Å². The maximum absolute atomic E-state index is 5.87. The summed E-state index contributed by atoms with van der Waals surface area (Å²) in [6, 6.07) is 8.96. The van der Waals surface area contributed by atoms with E-state index in [4.69, 9.17) is 4.74 Å². The molecule has 3 heteroatoms. The highest BCUT2D eigenvalue weighted by Crippen LogP contribution is 2.46. The minimum atomic E-state index is 0.343. The fourth-order valence-corrected chi connectivity index (χ4v) is 4.99. The minimum absolute atomic E-state index is 0.343. The van der Waals surface area contributed by atoms with Crippen LogP contribution in [0.4, 0.5) is 0 Å². The Morgan fingerprint density at radius 1 is 1.38 bits per heavy atom. The van der Waals surface area contributed by atoms with Crippen LogP contribution in [0.15, 0.2) is 29.2 Å². The second kappa shape index (κ2) is 7.17. The third kappa shape index (κ3) is 3.64. The van der Waals surface area contributed by atoms with Crippen LogP contribution < -0.4 is 5.32 Å². The lowest BCUT2D eigenvalue weighted by atomic mass is 9.74. The number of fused-ring (bicyclic) bond motifs is 1. The first-order valence-electron chi connectivity index (χ1n) is 8.33. The smallest absolute Gasteiger partial charge is 0.0534 e. The highest BCUT2D eigenvalue weighted by Gasteiger charge is 2.37. The van der Waals surface area contributed by atoms with Crippen LogP contribution in [0.25, 0.3) is 0 Å². The molecule has 0 spiro atoms. The first-order valence-corrected chi connectivity index (χ1v) is 9.32. The van der Waals surface area contributed by atoms with Crippen LogP contribution in [0.1, 0.15) is 44.1 Å². The number of benzene rings is 1. The van der Waals surface area contributed by atoms with Gasteiger partial charge in [-0.15, -0.1) is 11.8 Å². The third-order valence-corrected chi connectivity index (χ3v) is 6.06. The van der Waals surface area contributed by atoms with Crippen LogP contribution in [-0.2, 0) is 4.74 Å². The fourth-order valence-electron chi connectivity index (χ4n) is 3.73. The highest BCUT2D eigenvalue weighted by molar-refractivity contribution is 7.99. The van der Waals surface area contributed by atoms with E-state index in [0.29, 0.717) is 11.3 Å². The zero-order valence-corrected chi connectivity index (χ0v) is 13.9. The average Bonchev–Trinajstić information content (AvgIpc) is 2.92. The Balaban J connectivity index is 1.70. The molecule has 3 rings (SSSR count). The van der Waals surface area contributed by atoms with Gasteiger partial charge in [0.05, 0.1) is 6.61 Å². The Morgan fingerprint density at radius 3 is 3.10 bits per heavy atom. The van der Waals surface area contributed by atoms with Gasteiger partial charge < -0.3 is 10.1 Å². The van der Waals surface area contributed by atoms with Gasteiger partial charge in [-0.1, -0.05) is 25.1 Å². The molecule has 116 valence electrons. The SMILES string of the molecule is CCCNCC1(CC2CSc3ccccc32)CCCOC1. The highest BCUT2D eigenvalue weighted by atomic mass is 32.2. The van der Waals surface area contributed by atoms with E-state index in [1.165, 1.54) is 36.3 Å². The van der Waals surface area contributed by atoms with Gasteiger partial charge in [0.2, 0.25) is 0 Å². The molecule has 0 aliphatic carbocycles. The van der Waals surface area contributed by atoms with Crippen molar-refractivity contribution in [2.24, 2.45) is 5.41 Å². The summed E-state index contributed by atoms with van der Waals surface area (Å²) in [4.78, 5) is 1.50. The zero-order chi connectivity index (χ0) is 14.5. The predicted molar refractivity (Wildman–Crippen MR) is 90.2 cm³/mol. The molecule has 0 amide bonds. The fraction of sp³-hybridized carbons (Fsp3) is 0.667. The molecular formula is C18H27NOS. The van der Waals surface area contributed by atoms with Gasteiger partial charge in [-0.25, -0.2) is 0 Å². The molecule has 1 N–H and O–H groups in total. The van der Waals surface area contributed by atoms with Crippen LogP contribution in [0, 0.1) is 5.41 Å². The molecule has 2 nitrogen and oxygen atoms in total. The molecule has 1 saturated heterocycles. The minimum Gasteiger partial charge on any atom is -0.381 e. The molecule has 1 aromatic rings. The molecule has 2 heterocycles. The summed E-state index contributed by atoms with van der Waals surface area (Å²) < 4.78 is 5.87. The molecule has 2 unspecified atom stereocenters. The molecule has 1 fully saturated rings. The number of rotatable bonds is 6. The lowest BCUT2D eigenvalue weighted by Gasteiger charge is -2.39. The average molecular weight is 305 g/mol. The summed E-state index contributed by atoms with van der Waals surface area (Å²) in [5.41, 5.74) is 1.92. The van der Waals surface area contributed by atoms with Crippen molar-refractivity contribution >= 4 is 11.8 Å². The van der Waals surface area contributed by atoms with Gasteiger partial charge in [0.15, 0.2) is 0 Å². The summed E-state index contributed by atoms with van der Waals surface area (Å²) >= 11 is 2.03. The third-order valence-electron chi connectivity index (χ3n) is 4.81. The molecular weight excluding hydrogens is 278 g/mol. The Labute approximate surface area is 133 Å². The van der Waals surface area contributed by atoms with Gasteiger partial charge in [0.25, 0.3) is 0 Å². The summed E-state index contributed by atoms with van der Waals surface area (Å²) in [7, 11) is 0. The van der Waals surface area contributed by atoms with Crippen LogP contribution in [0.5, 0.6) is 0 Å². The number of thioether (sulfide) groups is 1. The van der Waals surface area contributed by atoms with E-state index in [1.54, 1.807) is 5.56 Å². The monoisotopic (exact) mass is 305 g/mol. The van der Waals surface area contributed by atoms with Crippen molar-refractivity contribution in [1.82, 2.24) is 5.32 Å². The summed E-state index contributed by atoms with van der Waals surface area (Å²) in [6.07, 6.45) is 5.01. The molecule has 2 atom stereocenters. The standard InChI is InChI=1S/C18H27NOS/c1-2-9-19-13-18(8-5-10-20-14-18)11-15-12-21-17-7-4-3-6-16(15)17/h3-4,6-7,15,19H,2,5,8-14H2,1H3. The quantitative estimate of drug-likeness (QED) is 0.801. The van der Waals surface area contributed by atoms with Crippen molar-refractivity contribution in [2.45, 2.75) is 43.4 Å². The van der Waals surface area contributed by atoms with E-state index in [1.807, 2.05) is 11.8 Å². The summed E-state index contributed by atoms with van der Waals surface area (Å²) in [6.45, 7) is 6.36. The van der Waals surface area contributed by atoms with E-state index < -0.39 is 0 Å². The van der Waals surface area contributed by atoms with Crippen molar-refractivity contribution in [3.8, 4) is 0 Å². The van der Waals surface area contributed by atoms with Gasteiger partial charge in [-0.2, -0.15) is 0 Å². The molecule has 1 aromatic carbocycles. The lowest BCUT2D eigenvalue weighted by Crippen LogP contribution is -2.42. The van der Waals surface area contributed by atoms with Gasteiger partial charge in [0, 0.05) is 29.2 Å². The number of hydrogen-bond acceptors (Lipinski definition) is 3. The largest absolute Gasteiger partial charge is 0.381 e. The topological polar surface area (TPSA) is 21.3 Å². The molecule has 0 bridgehead atoms. The molecule has 2 aliphatic rings. The lowest BCUT2D eigenvalue weighted by molar-refractivity contribution is -0.0146. The van der Waals surface area contributed by atoms with Crippen molar-refractivity contribution in [3.05, 3.63) is 29.8 Å². The number of ether oxygens (including phenoxy) is 1. The van der Waals surface area contributed by atoms with Crippen molar-refractivity contribution in [3.63, 3.8) is 0 Å². The van der Waals surface area contributed by atoms with Crippen molar-refractivity contribution in [1.29, 1.82) is 0 Å². The Hall–Kier alpha value is -0.510. The number of nitrogens with one attached hydrogen (secondary N) is 1. The van der Waals surface area contributed by atoms with Crippen LogP contribution in [-0.4, -0.2) is 32.1 Å². The van der Waals surface area contributed by atoms with E-state index in [2.05, 4.69) is 36.5 Å².